The maximum atomic E-state index is 11.0. The Morgan fingerprint density at radius 3 is 2.57 bits per heavy atom. The van der Waals surface area contributed by atoms with Gasteiger partial charge in [-0.15, -0.1) is 11.6 Å². The summed E-state index contributed by atoms with van der Waals surface area (Å²) in [6.07, 6.45) is 0.378. The van der Waals surface area contributed by atoms with E-state index in [0.717, 1.165) is 11.3 Å². The van der Waals surface area contributed by atoms with Crippen LogP contribution in [-0.2, 0) is 6.42 Å². The summed E-state index contributed by atoms with van der Waals surface area (Å²) in [4.78, 5) is 10.7. The maximum absolute atomic E-state index is 11.0. The number of hydrogen-bond acceptors (Lipinski definition) is 3. The van der Waals surface area contributed by atoms with E-state index in [2.05, 4.69) is 0 Å². The van der Waals surface area contributed by atoms with E-state index in [1.165, 1.54) is 6.07 Å². The SMILES string of the molecule is CCOc1ccccc1C(Cl)Cc1ccccc1[N+](=O)[O-]. The second-order valence-corrected chi connectivity index (χ2v) is 5.06. The van der Waals surface area contributed by atoms with Gasteiger partial charge in [0.15, 0.2) is 0 Å². The number of rotatable bonds is 6. The number of ether oxygens (including phenoxy) is 1. The summed E-state index contributed by atoms with van der Waals surface area (Å²) < 4.78 is 5.56. The molecule has 0 amide bonds. The molecule has 0 bridgehead atoms. The molecule has 0 aromatic heterocycles. The Morgan fingerprint density at radius 1 is 1.19 bits per heavy atom. The minimum Gasteiger partial charge on any atom is -0.494 e. The third kappa shape index (κ3) is 3.73. The first kappa shape index (κ1) is 15.3. The number of nitrogens with zero attached hydrogens (tertiary/aromatic N) is 1. The smallest absolute Gasteiger partial charge is 0.272 e. The molecular weight excluding hydrogens is 290 g/mol. The van der Waals surface area contributed by atoms with Crippen LogP contribution >= 0.6 is 11.6 Å². The number of halogens is 1. The predicted octanol–water partition coefficient (Wildman–Crippen LogP) is 4.52. The number of nitro groups is 1. The summed E-state index contributed by atoms with van der Waals surface area (Å²) in [6.45, 7) is 2.45. The molecule has 0 saturated heterocycles. The number of hydrogen-bond donors (Lipinski definition) is 0. The van der Waals surface area contributed by atoms with E-state index in [4.69, 9.17) is 16.3 Å². The van der Waals surface area contributed by atoms with Crippen LogP contribution in [0, 0.1) is 10.1 Å². The molecule has 0 saturated carbocycles. The number of alkyl halides is 1. The van der Waals surface area contributed by atoms with Crippen molar-refractivity contribution in [3.8, 4) is 5.75 Å². The van der Waals surface area contributed by atoms with Crippen LogP contribution < -0.4 is 4.74 Å². The second-order valence-electron chi connectivity index (χ2n) is 4.53. The van der Waals surface area contributed by atoms with Gasteiger partial charge < -0.3 is 4.74 Å². The van der Waals surface area contributed by atoms with Crippen molar-refractivity contribution in [2.75, 3.05) is 6.61 Å². The molecule has 2 aromatic carbocycles. The molecule has 5 heteroatoms. The Bertz CT molecular complexity index is 630. The van der Waals surface area contributed by atoms with E-state index in [1.807, 2.05) is 31.2 Å². The highest BCUT2D eigenvalue weighted by atomic mass is 35.5. The van der Waals surface area contributed by atoms with Gasteiger partial charge >= 0.3 is 0 Å². The van der Waals surface area contributed by atoms with Gasteiger partial charge in [-0.3, -0.25) is 10.1 Å². The van der Waals surface area contributed by atoms with Crippen LogP contribution in [0.25, 0.3) is 0 Å². The summed E-state index contributed by atoms with van der Waals surface area (Å²) in [5.41, 5.74) is 1.56. The van der Waals surface area contributed by atoms with Crippen LogP contribution in [0.15, 0.2) is 48.5 Å². The lowest BCUT2D eigenvalue weighted by Gasteiger charge is -2.15. The van der Waals surface area contributed by atoms with Gasteiger partial charge in [-0.25, -0.2) is 0 Å². The lowest BCUT2D eigenvalue weighted by atomic mass is 10.0. The van der Waals surface area contributed by atoms with Gasteiger partial charge in [-0.1, -0.05) is 36.4 Å². The molecule has 0 spiro atoms. The monoisotopic (exact) mass is 305 g/mol. The highest BCUT2D eigenvalue weighted by molar-refractivity contribution is 6.21. The zero-order chi connectivity index (χ0) is 15.2. The minimum atomic E-state index is -0.382. The highest BCUT2D eigenvalue weighted by Crippen LogP contribution is 2.34. The molecule has 0 radical (unpaired) electrons. The van der Waals surface area contributed by atoms with Crippen molar-refractivity contribution in [2.24, 2.45) is 0 Å². The van der Waals surface area contributed by atoms with Crippen LogP contribution in [0.1, 0.15) is 23.4 Å². The Labute approximate surface area is 128 Å². The molecule has 2 aromatic rings. The van der Waals surface area contributed by atoms with E-state index in [9.17, 15) is 10.1 Å². The first-order valence-electron chi connectivity index (χ1n) is 6.71. The summed E-state index contributed by atoms with van der Waals surface area (Å²) in [6, 6.07) is 14.2. The summed E-state index contributed by atoms with van der Waals surface area (Å²) >= 11 is 6.46. The third-order valence-electron chi connectivity index (χ3n) is 3.14. The van der Waals surface area contributed by atoms with Gasteiger partial charge in [0.1, 0.15) is 5.75 Å². The summed E-state index contributed by atoms with van der Waals surface area (Å²) in [5.74, 6) is 0.721. The molecule has 1 atom stereocenters. The van der Waals surface area contributed by atoms with Gasteiger partial charge in [-0.05, 0) is 19.4 Å². The molecule has 4 nitrogen and oxygen atoms in total. The molecule has 0 heterocycles. The lowest BCUT2D eigenvalue weighted by molar-refractivity contribution is -0.385. The van der Waals surface area contributed by atoms with Crippen LogP contribution in [0.4, 0.5) is 5.69 Å². The van der Waals surface area contributed by atoms with Crippen molar-refractivity contribution < 1.29 is 9.66 Å². The predicted molar refractivity (Wildman–Crippen MR) is 83.0 cm³/mol. The fraction of sp³-hybridized carbons (Fsp3) is 0.250. The first-order valence-corrected chi connectivity index (χ1v) is 7.15. The average Bonchev–Trinajstić information content (AvgIpc) is 2.48. The largest absolute Gasteiger partial charge is 0.494 e. The van der Waals surface area contributed by atoms with Crippen molar-refractivity contribution in [3.63, 3.8) is 0 Å². The summed E-state index contributed by atoms with van der Waals surface area (Å²) in [7, 11) is 0. The molecule has 21 heavy (non-hydrogen) atoms. The normalized spacial score (nSPS) is 11.9. The minimum absolute atomic E-state index is 0.0945. The maximum Gasteiger partial charge on any atom is 0.272 e. The van der Waals surface area contributed by atoms with E-state index < -0.39 is 0 Å². The van der Waals surface area contributed by atoms with Crippen molar-refractivity contribution in [1.29, 1.82) is 0 Å². The van der Waals surface area contributed by atoms with Crippen LogP contribution in [0.3, 0.4) is 0 Å². The Morgan fingerprint density at radius 2 is 1.86 bits per heavy atom. The summed E-state index contributed by atoms with van der Waals surface area (Å²) in [5, 5.41) is 10.7. The topological polar surface area (TPSA) is 52.4 Å². The fourth-order valence-electron chi connectivity index (χ4n) is 2.19. The number of nitro benzene ring substituents is 1. The molecule has 0 aliphatic heterocycles. The van der Waals surface area contributed by atoms with Crippen LogP contribution in [0.5, 0.6) is 5.75 Å². The standard InChI is InChI=1S/C16H16ClNO3/c1-2-21-16-10-6-4-8-13(16)14(17)11-12-7-3-5-9-15(12)18(19)20/h3-10,14H,2,11H2,1H3. The molecule has 0 aliphatic rings. The molecule has 1 unspecified atom stereocenters. The molecule has 0 N–H and O–H groups in total. The van der Waals surface area contributed by atoms with Crippen molar-refractivity contribution in [1.82, 2.24) is 0 Å². The lowest BCUT2D eigenvalue weighted by Crippen LogP contribution is -2.03. The second kappa shape index (κ2) is 7.09. The molecule has 2 rings (SSSR count). The van der Waals surface area contributed by atoms with Gasteiger partial charge in [-0.2, -0.15) is 0 Å². The number of para-hydroxylation sites is 2. The van der Waals surface area contributed by atoms with Gasteiger partial charge in [0.25, 0.3) is 5.69 Å². The van der Waals surface area contributed by atoms with Crippen molar-refractivity contribution in [3.05, 3.63) is 69.8 Å². The fourth-order valence-corrected chi connectivity index (χ4v) is 2.54. The van der Waals surface area contributed by atoms with Crippen LogP contribution in [0.2, 0.25) is 0 Å². The number of benzene rings is 2. The highest BCUT2D eigenvalue weighted by Gasteiger charge is 2.19. The van der Waals surface area contributed by atoms with Crippen molar-refractivity contribution >= 4 is 17.3 Å². The molecular formula is C16H16ClNO3. The first-order chi connectivity index (χ1) is 10.1. The van der Waals surface area contributed by atoms with Gasteiger partial charge in [0, 0.05) is 17.2 Å². The Kier molecular flexibility index (Phi) is 5.17. The average molecular weight is 306 g/mol. The van der Waals surface area contributed by atoms with E-state index in [-0.39, 0.29) is 16.0 Å². The third-order valence-corrected chi connectivity index (χ3v) is 3.53. The zero-order valence-corrected chi connectivity index (χ0v) is 12.4. The quantitative estimate of drug-likeness (QED) is 0.448. The van der Waals surface area contributed by atoms with Gasteiger partial charge in [0.2, 0.25) is 0 Å². The van der Waals surface area contributed by atoms with E-state index in [1.54, 1.807) is 18.2 Å². The zero-order valence-electron chi connectivity index (χ0n) is 11.7. The Hall–Kier alpha value is -2.07. The van der Waals surface area contributed by atoms with Gasteiger partial charge in [0.05, 0.1) is 16.9 Å². The van der Waals surface area contributed by atoms with E-state index in [0.29, 0.717) is 18.6 Å². The van der Waals surface area contributed by atoms with Crippen molar-refractivity contribution in [2.45, 2.75) is 18.7 Å². The Balaban J connectivity index is 2.26. The van der Waals surface area contributed by atoms with Crippen LogP contribution in [-0.4, -0.2) is 11.5 Å². The molecule has 0 aliphatic carbocycles. The molecule has 0 fully saturated rings. The molecule has 110 valence electrons. The van der Waals surface area contributed by atoms with E-state index >= 15 is 0 Å².